The molecule has 0 aromatic heterocycles. The van der Waals surface area contributed by atoms with E-state index < -0.39 is 11.8 Å². The highest BCUT2D eigenvalue weighted by Crippen LogP contribution is 2.22. The van der Waals surface area contributed by atoms with Crippen LogP contribution in [0.4, 0.5) is 4.39 Å². The topological polar surface area (TPSA) is 46.5 Å². The molecular weight excluding hydrogens is 283 g/mol. The van der Waals surface area contributed by atoms with Gasteiger partial charge in [0.05, 0.1) is 5.56 Å². The van der Waals surface area contributed by atoms with Crippen LogP contribution >= 0.6 is 11.6 Å². The van der Waals surface area contributed by atoms with E-state index in [0.29, 0.717) is 16.3 Å². The molecular formula is C15H12ClFO3. The SMILES string of the molecule is Cc1ccc(C(=O)O)cc1OCc1ccc(Cl)cc1F. The Morgan fingerprint density at radius 1 is 1.30 bits per heavy atom. The number of carboxylic acids is 1. The zero-order valence-corrected chi connectivity index (χ0v) is 11.4. The van der Waals surface area contributed by atoms with Crippen LogP contribution in [0.3, 0.4) is 0 Å². The second-order valence-electron chi connectivity index (χ2n) is 4.31. The minimum atomic E-state index is -1.03. The van der Waals surface area contributed by atoms with Gasteiger partial charge in [-0.1, -0.05) is 23.7 Å². The molecule has 0 atom stereocenters. The molecule has 0 aliphatic rings. The fourth-order valence-corrected chi connectivity index (χ4v) is 1.84. The maximum absolute atomic E-state index is 13.6. The number of ether oxygens (including phenoxy) is 1. The molecule has 20 heavy (non-hydrogen) atoms. The lowest BCUT2D eigenvalue weighted by Crippen LogP contribution is -2.02. The van der Waals surface area contributed by atoms with Crippen molar-refractivity contribution in [2.24, 2.45) is 0 Å². The summed E-state index contributed by atoms with van der Waals surface area (Å²) in [7, 11) is 0. The standard InChI is InChI=1S/C15H12ClFO3/c1-9-2-3-10(15(18)19)6-14(9)20-8-11-4-5-12(16)7-13(11)17/h2-7H,8H2,1H3,(H,18,19). The summed E-state index contributed by atoms with van der Waals surface area (Å²) in [6.07, 6.45) is 0. The highest BCUT2D eigenvalue weighted by Gasteiger charge is 2.09. The number of halogens is 2. The number of carbonyl (C=O) groups is 1. The zero-order chi connectivity index (χ0) is 14.7. The maximum atomic E-state index is 13.6. The molecule has 104 valence electrons. The van der Waals surface area contributed by atoms with Gasteiger partial charge in [-0.25, -0.2) is 9.18 Å². The Kier molecular flexibility index (Phi) is 4.25. The van der Waals surface area contributed by atoms with Crippen LogP contribution in [0, 0.1) is 12.7 Å². The number of hydrogen-bond acceptors (Lipinski definition) is 2. The smallest absolute Gasteiger partial charge is 0.335 e. The molecule has 0 saturated carbocycles. The average molecular weight is 295 g/mol. The third-order valence-corrected chi connectivity index (χ3v) is 3.07. The van der Waals surface area contributed by atoms with Crippen molar-refractivity contribution in [3.8, 4) is 5.75 Å². The second-order valence-corrected chi connectivity index (χ2v) is 4.75. The number of aryl methyl sites for hydroxylation is 1. The van der Waals surface area contributed by atoms with Crippen LogP contribution in [0.25, 0.3) is 0 Å². The van der Waals surface area contributed by atoms with E-state index in [1.807, 2.05) is 0 Å². The quantitative estimate of drug-likeness (QED) is 0.925. The van der Waals surface area contributed by atoms with Gasteiger partial charge in [0.15, 0.2) is 0 Å². The van der Waals surface area contributed by atoms with Gasteiger partial charge in [-0.3, -0.25) is 0 Å². The van der Waals surface area contributed by atoms with E-state index in [-0.39, 0.29) is 12.2 Å². The molecule has 1 N–H and O–H groups in total. The molecule has 5 heteroatoms. The van der Waals surface area contributed by atoms with Crippen molar-refractivity contribution in [2.45, 2.75) is 13.5 Å². The van der Waals surface area contributed by atoms with Gasteiger partial charge in [0.1, 0.15) is 18.2 Å². The van der Waals surface area contributed by atoms with E-state index in [9.17, 15) is 9.18 Å². The molecule has 0 aliphatic heterocycles. The summed E-state index contributed by atoms with van der Waals surface area (Å²) >= 11 is 5.67. The van der Waals surface area contributed by atoms with E-state index in [0.717, 1.165) is 5.56 Å². The van der Waals surface area contributed by atoms with Gasteiger partial charge in [-0.2, -0.15) is 0 Å². The first-order chi connectivity index (χ1) is 9.47. The minimum absolute atomic E-state index is 0.00686. The van der Waals surface area contributed by atoms with Gasteiger partial charge in [0, 0.05) is 10.6 Å². The van der Waals surface area contributed by atoms with Gasteiger partial charge >= 0.3 is 5.97 Å². The first-order valence-electron chi connectivity index (χ1n) is 5.88. The fraction of sp³-hybridized carbons (Fsp3) is 0.133. The van der Waals surface area contributed by atoms with Crippen molar-refractivity contribution >= 4 is 17.6 Å². The van der Waals surface area contributed by atoms with Gasteiger partial charge in [-0.05, 0) is 36.8 Å². The van der Waals surface area contributed by atoms with Crippen LogP contribution in [0.1, 0.15) is 21.5 Å². The number of hydrogen-bond donors (Lipinski definition) is 1. The first-order valence-corrected chi connectivity index (χ1v) is 6.26. The average Bonchev–Trinajstić information content (AvgIpc) is 2.39. The maximum Gasteiger partial charge on any atom is 0.335 e. The third kappa shape index (κ3) is 3.27. The van der Waals surface area contributed by atoms with Crippen molar-refractivity contribution < 1.29 is 19.0 Å². The lowest BCUT2D eigenvalue weighted by atomic mass is 10.1. The highest BCUT2D eigenvalue weighted by atomic mass is 35.5. The summed E-state index contributed by atoms with van der Waals surface area (Å²) in [6.45, 7) is 1.80. The minimum Gasteiger partial charge on any atom is -0.488 e. The molecule has 0 saturated heterocycles. The Bertz CT molecular complexity index is 656. The molecule has 0 bridgehead atoms. The van der Waals surface area contributed by atoms with E-state index in [2.05, 4.69) is 0 Å². The van der Waals surface area contributed by atoms with Crippen LogP contribution in [0.5, 0.6) is 5.75 Å². The monoisotopic (exact) mass is 294 g/mol. The van der Waals surface area contributed by atoms with Crippen molar-refractivity contribution in [1.82, 2.24) is 0 Å². The van der Waals surface area contributed by atoms with Crippen LogP contribution in [-0.2, 0) is 6.61 Å². The summed E-state index contributed by atoms with van der Waals surface area (Å²) in [5.74, 6) is -1.07. The van der Waals surface area contributed by atoms with Gasteiger partial charge in [0.2, 0.25) is 0 Å². The lowest BCUT2D eigenvalue weighted by molar-refractivity contribution is 0.0696. The molecule has 0 spiro atoms. The van der Waals surface area contributed by atoms with E-state index in [1.165, 1.54) is 24.3 Å². The molecule has 2 aromatic rings. The van der Waals surface area contributed by atoms with Crippen molar-refractivity contribution in [2.75, 3.05) is 0 Å². The fourth-order valence-electron chi connectivity index (χ4n) is 1.68. The Hall–Kier alpha value is -2.07. The Balaban J connectivity index is 2.18. The molecule has 3 nitrogen and oxygen atoms in total. The summed E-state index contributed by atoms with van der Waals surface area (Å²) in [5.41, 5.74) is 1.26. The normalized spacial score (nSPS) is 10.3. The number of rotatable bonds is 4. The van der Waals surface area contributed by atoms with Crippen LogP contribution < -0.4 is 4.74 Å². The van der Waals surface area contributed by atoms with Crippen LogP contribution in [0.2, 0.25) is 5.02 Å². The molecule has 2 aromatic carbocycles. The Labute approximate surface area is 120 Å². The molecule has 0 fully saturated rings. The van der Waals surface area contributed by atoms with E-state index >= 15 is 0 Å². The number of carboxylic acid groups (broad SMARTS) is 1. The van der Waals surface area contributed by atoms with Gasteiger partial charge < -0.3 is 9.84 Å². The molecule has 2 rings (SSSR count). The zero-order valence-electron chi connectivity index (χ0n) is 10.7. The molecule has 0 radical (unpaired) electrons. The predicted molar refractivity (Wildman–Crippen MR) is 73.9 cm³/mol. The first kappa shape index (κ1) is 14.3. The van der Waals surface area contributed by atoms with Crippen LogP contribution in [0.15, 0.2) is 36.4 Å². The largest absolute Gasteiger partial charge is 0.488 e. The molecule has 0 unspecified atom stereocenters. The number of aromatic carboxylic acids is 1. The predicted octanol–water partition coefficient (Wildman–Crippen LogP) is 4.06. The molecule has 0 aliphatic carbocycles. The van der Waals surface area contributed by atoms with Gasteiger partial charge in [0.25, 0.3) is 0 Å². The molecule has 0 heterocycles. The van der Waals surface area contributed by atoms with E-state index in [4.69, 9.17) is 21.4 Å². The molecule has 0 amide bonds. The lowest BCUT2D eigenvalue weighted by Gasteiger charge is -2.10. The Morgan fingerprint density at radius 3 is 2.70 bits per heavy atom. The summed E-state index contributed by atoms with van der Waals surface area (Å²) in [6, 6.07) is 8.88. The van der Waals surface area contributed by atoms with E-state index in [1.54, 1.807) is 19.1 Å². The van der Waals surface area contributed by atoms with Crippen molar-refractivity contribution in [3.05, 3.63) is 63.9 Å². The highest BCUT2D eigenvalue weighted by molar-refractivity contribution is 6.30. The summed E-state index contributed by atoms with van der Waals surface area (Å²) in [5, 5.41) is 9.24. The van der Waals surface area contributed by atoms with Crippen molar-refractivity contribution in [3.63, 3.8) is 0 Å². The number of benzene rings is 2. The summed E-state index contributed by atoms with van der Waals surface area (Å²) in [4.78, 5) is 10.9. The summed E-state index contributed by atoms with van der Waals surface area (Å²) < 4.78 is 19.1. The second kappa shape index (κ2) is 5.92. The van der Waals surface area contributed by atoms with Crippen LogP contribution in [-0.4, -0.2) is 11.1 Å². The Morgan fingerprint density at radius 2 is 2.05 bits per heavy atom. The van der Waals surface area contributed by atoms with Crippen molar-refractivity contribution in [1.29, 1.82) is 0 Å². The third-order valence-electron chi connectivity index (χ3n) is 2.83. The van der Waals surface area contributed by atoms with Gasteiger partial charge in [-0.15, -0.1) is 0 Å².